The molecule has 0 aromatic heterocycles. The molecule has 0 saturated heterocycles. The summed E-state index contributed by atoms with van der Waals surface area (Å²) in [6.07, 6.45) is 4.09. The van der Waals surface area contributed by atoms with Crippen molar-refractivity contribution >= 4 is 12.0 Å². The molecule has 1 N–H and O–H groups in total. The molecule has 0 bridgehead atoms. The Labute approximate surface area is 121 Å². The first-order valence-corrected chi connectivity index (χ1v) is 7.15. The molecular formula is C18H24O2. The van der Waals surface area contributed by atoms with Crippen molar-refractivity contribution in [1.29, 1.82) is 0 Å². The molecule has 0 radical (unpaired) electrons. The van der Waals surface area contributed by atoms with Gasteiger partial charge in [-0.3, -0.25) is 4.79 Å². The monoisotopic (exact) mass is 272 g/mol. The molecule has 108 valence electrons. The van der Waals surface area contributed by atoms with E-state index in [4.69, 9.17) is 5.11 Å². The lowest BCUT2D eigenvalue weighted by Crippen LogP contribution is -2.10. The fourth-order valence-corrected chi connectivity index (χ4v) is 2.82. The van der Waals surface area contributed by atoms with E-state index in [0.29, 0.717) is 0 Å². The van der Waals surface area contributed by atoms with Crippen molar-refractivity contribution in [3.05, 3.63) is 41.5 Å². The molecule has 0 spiro atoms. The Morgan fingerprint density at radius 2 is 1.75 bits per heavy atom. The Bertz CT molecular complexity index is 530. The van der Waals surface area contributed by atoms with Gasteiger partial charge >= 0.3 is 5.97 Å². The number of aliphatic carboxylic acids is 1. The van der Waals surface area contributed by atoms with E-state index in [0.717, 1.165) is 5.56 Å². The Morgan fingerprint density at radius 3 is 2.15 bits per heavy atom. The summed E-state index contributed by atoms with van der Waals surface area (Å²) < 4.78 is 0. The number of carboxylic acids is 1. The maximum atomic E-state index is 11.1. The van der Waals surface area contributed by atoms with Gasteiger partial charge in [-0.1, -0.05) is 71.0 Å². The lowest BCUT2D eigenvalue weighted by Gasteiger charge is -2.18. The summed E-state index contributed by atoms with van der Waals surface area (Å²) in [5.41, 5.74) is 2.48. The zero-order valence-electron chi connectivity index (χ0n) is 13.0. The minimum absolute atomic E-state index is 0.117. The van der Waals surface area contributed by atoms with Crippen LogP contribution >= 0.6 is 0 Å². The highest BCUT2D eigenvalue weighted by Crippen LogP contribution is 2.59. The normalized spacial score (nSPS) is 24.9. The summed E-state index contributed by atoms with van der Waals surface area (Å²) in [4.78, 5) is 11.1. The predicted molar refractivity (Wildman–Crippen MR) is 82.6 cm³/mol. The van der Waals surface area contributed by atoms with Crippen LogP contribution in [0.15, 0.2) is 30.3 Å². The molecule has 0 amide bonds. The second-order valence-electron chi connectivity index (χ2n) is 7.39. The minimum Gasteiger partial charge on any atom is -0.481 e. The zero-order valence-corrected chi connectivity index (χ0v) is 13.0. The number of hydrogen-bond acceptors (Lipinski definition) is 1. The van der Waals surface area contributed by atoms with Crippen LogP contribution in [-0.2, 0) is 10.2 Å². The van der Waals surface area contributed by atoms with Gasteiger partial charge in [-0.2, -0.15) is 0 Å². The summed E-state index contributed by atoms with van der Waals surface area (Å²) >= 11 is 0. The summed E-state index contributed by atoms with van der Waals surface area (Å²) in [5.74, 6) is -0.789. The molecule has 1 aliphatic carbocycles. The SMILES string of the molecule is CC(C)(C)c1ccc(C=CC2C(C(=O)O)C2(C)C)cc1. The smallest absolute Gasteiger partial charge is 0.307 e. The average molecular weight is 272 g/mol. The number of allylic oxidation sites excluding steroid dienone is 1. The van der Waals surface area contributed by atoms with Crippen LogP contribution in [0, 0.1) is 17.3 Å². The van der Waals surface area contributed by atoms with Crippen molar-refractivity contribution in [2.24, 2.45) is 17.3 Å². The first-order chi connectivity index (χ1) is 9.14. The molecule has 1 fully saturated rings. The van der Waals surface area contributed by atoms with E-state index in [1.807, 2.05) is 26.0 Å². The molecule has 20 heavy (non-hydrogen) atoms. The number of rotatable bonds is 3. The third kappa shape index (κ3) is 2.79. The van der Waals surface area contributed by atoms with Crippen molar-refractivity contribution in [2.75, 3.05) is 0 Å². The van der Waals surface area contributed by atoms with E-state index in [1.54, 1.807) is 0 Å². The molecule has 2 rings (SSSR count). The maximum Gasteiger partial charge on any atom is 0.307 e. The average Bonchev–Trinajstić information content (AvgIpc) is 2.88. The van der Waals surface area contributed by atoms with Gasteiger partial charge in [0.25, 0.3) is 0 Å². The highest BCUT2D eigenvalue weighted by atomic mass is 16.4. The van der Waals surface area contributed by atoms with Gasteiger partial charge in [-0.15, -0.1) is 0 Å². The minimum atomic E-state index is -0.687. The molecular weight excluding hydrogens is 248 g/mol. The molecule has 2 heteroatoms. The molecule has 1 saturated carbocycles. The molecule has 2 atom stereocenters. The summed E-state index contributed by atoms with van der Waals surface area (Å²) in [6.45, 7) is 10.6. The maximum absolute atomic E-state index is 11.1. The number of benzene rings is 1. The second kappa shape index (κ2) is 4.76. The van der Waals surface area contributed by atoms with Crippen LogP contribution in [0.1, 0.15) is 45.7 Å². The Balaban J connectivity index is 2.08. The van der Waals surface area contributed by atoms with Crippen LogP contribution in [-0.4, -0.2) is 11.1 Å². The number of hydrogen-bond donors (Lipinski definition) is 1. The summed E-state index contributed by atoms with van der Waals surface area (Å²) in [7, 11) is 0. The van der Waals surface area contributed by atoms with Gasteiger partial charge in [0.1, 0.15) is 0 Å². The Hall–Kier alpha value is -1.57. The van der Waals surface area contributed by atoms with Gasteiger partial charge in [-0.05, 0) is 27.9 Å². The first-order valence-electron chi connectivity index (χ1n) is 7.15. The topological polar surface area (TPSA) is 37.3 Å². The van der Waals surface area contributed by atoms with Gasteiger partial charge in [0, 0.05) is 0 Å². The first kappa shape index (κ1) is 14.8. The Morgan fingerprint density at radius 1 is 1.20 bits per heavy atom. The van der Waals surface area contributed by atoms with Crippen LogP contribution in [0.2, 0.25) is 0 Å². The van der Waals surface area contributed by atoms with Crippen molar-refractivity contribution < 1.29 is 9.90 Å². The molecule has 2 unspecified atom stereocenters. The van der Waals surface area contributed by atoms with Crippen LogP contribution < -0.4 is 0 Å². The van der Waals surface area contributed by atoms with Gasteiger partial charge in [0.05, 0.1) is 5.92 Å². The van der Waals surface area contributed by atoms with Crippen LogP contribution in [0.4, 0.5) is 0 Å². The van der Waals surface area contributed by atoms with Crippen LogP contribution in [0.5, 0.6) is 0 Å². The van der Waals surface area contributed by atoms with Crippen molar-refractivity contribution in [2.45, 2.75) is 40.0 Å². The third-order valence-corrected chi connectivity index (χ3v) is 4.45. The number of carboxylic acid groups (broad SMARTS) is 1. The highest BCUT2D eigenvalue weighted by molar-refractivity contribution is 5.76. The van der Waals surface area contributed by atoms with Gasteiger partial charge in [0.15, 0.2) is 0 Å². The highest BCUT2D eigenvalue weighted by Gasteiger charge is 2.60. The van der Waals surface area contributed by atoms with Gasteiger partial charge in [-0.25, -0.2) is 0 Å². The third-order valence-electron chi connectivity index (χ3n) is 4.45. The molecule has 1 aromatic carbocycles. The van der Waals surface area contributed by atoms with E-state index in [9.17, 15) is 4.79 Å². The number of carbonyl (C=O) groups is 1. The Kier molecular flexibility index (Phi) is 3.53. The van der Waals surface area contributed by atoms with Crippen molar-refractivity contribution in [3.8, 4) is 0 Å². The lowest BCUT2D eigenvalue weighted by molar-refractivity contribution is -0.139. The summed E-state index contributed by atoms with van der Waals surface area (Å²) in [6, 6.07) is 8.49. The van der Waals surface area contributed by atoms with E-state index >= 15 is 0 Å². The van der Waals surface area contributed by atoms with E-state index in [-0.39, 0.29) is 22.7 Å². The fraction of sp³-hybridized carbons (Fsp3) is 0.500. The van der Waals surface area contributed by atoms with Gasteiger partial charge in [0.2, 0.25) is 0 Å². The zero-order chi connectivity index (χ0) is 15.1. The molecule has 2 nitrogen and oxygen atoms in total. The lowest BCUT2D eigenvalue weighted by atomic mass is 9.87. The quantitative estimate of drug-likeness (QED) is 0.888. The standard InChI is InChI=1S/C18H24O2/c1-17(2,3)13-9-6-12(7-10-13)8-11-14-15(16(19)20)18(14,4)5/h6-11,14-15H,1-5H3,(H,19,20). The van der Waals surface area contributed by atoms with Crippen molar-refractivity contribution in [1.82, 2.24) is 0 Å². The largest absolute Gasteiger partial charge is 0.481 e. The van der Waals surface area contributed by atoms with E-state index < -0.39 is 5.97 Å². The fourth-order valence-electron chi connectivity index (χ4n) is 2.82. The van der Waals surface area contributed by atoms with E-state index in [1.165, 1.54) is 5.56 Å². The van der Waals surface area contributed by atoms with Gasteiger partial charge < -0.3 is 5.11 Å². The molecule has 0 aliphatic heterocycles. The summed E-state index contributed by atoms with van der Waals surface area (Å²) in [5, 5.41) is 9.15. The van der Waals surface area contributed by atoms with Crippen LogP contribution in [0.25, 0.3) is 6.08 Å². The molecule has 1 aromatic rings. The second-order valence-corrected chi connectivity index (χ2v) is 7.39. The molecule has 1 aliphatic rings. The van der Waals surface area contributed by atoms with Crippen molar-refractivity contribution in [3.63, 3.8) is 0 Å². The van der Waals surface area contributed by atoms with Crippen LogP contribution in [0.3, 0.4) is 0 Å². The predicted octanol–water partition coefficient (Wildman–Crippen LogP) is 4.35. The van der Waals surface area contributed by atoms with E-state index in [2.05, 4.69) is 45.0 Å². The molecule has 0 heterocycles.